The van der Waals surface area contributed by atoms with Gasteiger partial charge in [-0.15, -0.1) is 0 Å². The van der Waals surface area contributed by atoms with E-state index in [1.165, 1.54) is 16.7 Å². The molecule has 0 amide bonds. The number of carbonyl (C=O) groups is 1. The summed E-state index contributed by atoms with van der Waals surface area (Å²) in [5.74, 6) is -1.05. The van der Waals surface area contributed by atoms with Crippen LogP contribution in [0.15, 0.2) is 23.0 Å². The summed E-state index contributed by atoms with van der Waals surface area (Å²) in [7, 11) is 0. The molecule has 0 aliphatic heterocycles. The SMILES string of the molecule is CC(O)Cn1c(=O)[nH]c2cc(C(=O)O)ccc21. The summed E-state index contributed by atoms with van der Waals surface area (Å²) in [6, 6.07) is 4.38. The molecule has 0 aliphatic carbocycles. The highest BCUT2D eigenvalue weighted by atomic mass is 16.4. The van der Waals surface area contributed by atoms with Crippen molar-refractivity contribution in [2.24, 2.45) is 0 Å². The van der Waals surface area contributed by atoms with E-state index in [1.54, 1.807) is 13.0 Å². The van der Waals surface area contributed by atoms with Crippen molar-refractivity contribution in [3.63, 3.8) is 0 Å². The van der Waals surface area contributed by atoms with Gasteiger partial charge in [0.15, 0.2) is 0 Å². The number of benzene rings is 1. The fraction of sp³-hybridized carbons (Fsp3) is 0.273. The number of H-pyrrole nitrogens is 1. The molecule has 2 rings (SSSR count). The lowest BCUT2D eigenvalue weighted by Crippen LogP contribution is -2.22. The first kappa shape index (κ1) is 11.4. The van der Waals surface area contributed by atoms with Crippen LogP contribution in [0.2, 0.25) is 0 Å². The van der Waals surface area contributed by atoms with E-state index < -0.39 is 12.1 Å². The molecule has 3 N–H and O–H groups in total. The molecule has 0 saturated carbocycles. The molecule has 1 atom stereocenters. The molecule has 1 heterocycles. The minimum atomic E-state index is -1.05. The Kier molecular flexibility index (Phi) is 2.72. The van der Waals surface area contributed by atoms with Gasteiger partial charge in [0.25, 0.3) is 0 Å². The van der Waals surface area contributed by atoms with E-state index in [0.717, 1.165) is 0 Å². The van der Waals surface area contributed by atoms with Gasteiger partial charge in [-0.2, -0.15) is 0 Å². The fourth-order valence-corrected chi connectivity index (χ4v) is 1.74. The van der Waals surface area contributed by atoms with E-state index in [1.807, 2.05) is 0 Å². The normalized spacial score (nSPS) is 12.8. The number of fused-ring (bicyclic) bond motifs is 1. The highest BCUT2D eigenvalue weighted by Gasteiger charge is 2.11. The third-order valence-corrected chi connectivity index (χ3v) is 2.47. The molecule has 0 aliphatic rings. The Morgan fingerprint density at radius 3 is 2.82 bits per heavy atom. The van der Waals surface area contributed by atoms with Crippen molar-refractivity contribution in [1.82, 2.24) is 9.55 Å². The monoisotopic (exact) mass is 236 g/mol. The van der Waals surface area contributed by atoms with Crippen LogP contribution in [0.1, 0.15) is 17.3 Å². The number of nitrogens with zero attached hydrogens (tertiary/aromatic N) is 1. The van der Waals surface area contributed by atoms with Crippen molar-refractivity contribution in [2.75, 3.05) is 0 Å². The van der Waals surface area contributed by atoms with Gasteiger partial charge < -0.3 is 15.2 Å². The van der Waals surface area contributed by atoms with Crippen molar-refractivity contribution in [1.29, 1.82) is 0 Å². The van der Waals surface area contributed by atoms with Gasteiger partial charge in [0.05, 0.1) is 29.2 Å². The number of imidazole rings is 1. The number of carboxylic acids is 1. The number of rotatable bonds is 3. The molecule has 17 heavy (non-hydrogen) atoms. The van der Waals surface area contributed by atoms with E-state index in [0.29, 0.717) is 11.0 Å². The van der Waals surface area contributed by atoms with E-state index in [4.69, 9.17) is 5.11 Å². The number of hydrogen-bond acceptors (Lipinski definition) is 3. The van der Waals surface area contributed by atoms with Crippen LogP contribution in [0.25, 0.3) is 11.0 Å². The molecular weight excluding hydrogens is 224 g/mol. The summed E-state index contributed by atoms with van der Waals surface area (Å²) in [4.78, 5) is 24.9. The number of aromatic nitrogens is 2. The van der Waals surface area contributed by atoms with E-state index in [2.05, 4.69) is 4.98 Å². The minimum absolute atomic E-state index is 0.114. The number of carboxylic acid groups (broad SMARTS) is 1. The highest BCUT2D eigenvalue weighted by Crippen LogP contribution is 2.13. The van der Waals surface area contributed by atoms with Crippen molar-refractivity contribution >= 4 is 17.0 Å². The van der Waals surface area contributed by atoms with Crippen LogP contribution in [0, 0.1) is 0 Å². The Labute approximate surface area is 96.1 Å². The molecule has 1 unspecified atom stereocenters. The van der Waals surface area contributed by atoms with Gasteiger partial charge >= 0.3 is 11.7 Å². The van der Waals surface area contributed by atoms with Crippen molar-refractivity contribution in [3.05, 3.63) is 34.2 Å². The Balaban J connectivity index is 2.60. The van der Waals surface area contributed by atoms with Crippen LogP contribution in [0.3, 0.4) is 0 Å². The molecule has 2 aromatic rings. The predicted molar refractivity (Wildman–Crippen MR) is 61.2 cm³/mol. The van der Waals surface area contributed by atoms with Gasteiger partial charge in [0.2, 0.25) is 0 Å². The summed E-state index contributed by atoms with van der Waals surface area (Å²) in [5, 5.41) is 18.1. The van der Waals surface area contributed by atoms with E-state index in [9.17, 15) is 14.7 Å². The smallest absolute Gasteiger partial charge is 0.335 e. The first-order chi connectivity index (χ1) is 7.99. The minimum Gasteiger partial charge on any atom is -0.478 e. The number of aliphatic hydroxyl groups excluding tert-OH is 1. The molecule has 1 aromatic carbocycles. The first-order valence-corrected chi connectivity index (χ1v) is 5.13. The molecule has 0 bridgehead atoms. The predicted octanol–water partition coefficient (Wildman–Crippen LogP) is 0.409. The average molecular weight is 236 g/mol. The summed E-state index contributed by atoms with van der Waals surface area (Å²) < 4.78 is 1.38. The number of aliphatic hydroxyl groups is 1. The topological polar surface area (TPSA) is 95.3 Å². The third-order valence-electron chi connectivity index (χ3n) is 2.47. The molecule has 0 fully saturated rings. The van der Waals surface area contributed by atoms with Crippen LogP contribution in [-0.2, 0) is 6.54 Å². The summed E-state index contributed by atoms with van der Waals surface area (Å²) >= 11 is 0. The van der Waals surface area contributed by atoms with Crippen LogP contribution in [-0.4, -0.2) is 31.8 Å². The number of nitrogens with one attached hydrogen (secondary N) is 1. The van der Waals surface area contributed by atoms with Crippen LogP contribution < -0.4 is 5.69 Å². The molecule has 6 heteroatoms. The lowest BCUT2D eigenvalue weighted by Gasteiger charge is -2.05. The number of hydrogen-bond donors (Lipinski definition) is 3. The van der Waals surface area contributed by atoms with Gasteiger partial charge in [-0.25, -0.2) is 9.59 Å². The highest BCUT2D eigenvalue weighted by molar-refractivity contribution is 5.92. The fourth-order valence-electron chi connectivity index (χ4n) is 1.74. The van der Waals surface area contributed by atoms with Crippen molar-refractivity contribution in [2.45, 2.75) is 19.6 Å². The second kappa shape index (κ2) is 4.06. The summed E-state index contributed by atoms with van der Waals surface area (Å²) in [6.45, 7) is 1.75. The largest absolute Gasteiger partial charge is 0.478 e. The zero-order valence-corrected chi connectivity index (χ0v) is 9.17. The van der Waals surface area contributed by atoms with E-state index in [-0.39, 0.29) is 17.8 Å². The van der Waals surface area contributed by atoms with Crippen LogP contribution in [0.5, 0.6) is 0 Å². The van der Waals surface area contributed by atoms with Gasteiger partial charge in [-0.3, -0.25) is 4.57 Å². The van der Waals surface area contributed by atoms with Gasteiger partial charge in [-0.1, -0.05) is 0 Å². The summed E-state index contributed by atoms with van der Waals surface area (Å²) in [5.41, 5.74) is 0.794. The van der Waals surface area contributed by atoms with Gasteiger partial charge in [-0.05, 0) is 25.1 Å². The van der Waals surface area contributed by atoms with Crippen LogP contribution in [0.4, 0.5) is 0 Å². The molecule has 0 saturated heterocycles. The Hall–Kier alpha value is -2.08. The second-order valence-corrected chi connectivity index (χ2v) is 3.93. The molecule has 0 radical (unpaired) electrons. The lowest BCUT2D eigenvalue weighted by atomic mass is 10.2. The number of aromatic amines is 1. The van der Waals surface area contributed by atoms with Crippen molar-refractivity contribution in [3.8, 4) is 0 Å². The maximum absolute atomic E-state index is 11.6. The Morgan fingerprint density at radius 2 is 2.24 bits per heavy atom. The van der Waals surface area contributed by atoms with Gasteiger partial charge in [0, 0.05) is 0 Å². The third kappa shape index (κ3) is 2.07. The van der Waals surface area contributed by atoms with Crippen LogP contribution >= 0.6 is 0 Å². The van der Waals surface area contributed by atoms with E-state index >= 15 is 0 Å². The molecule has 1 aromatic heterocycles. The Morgan fingerprint density at radius 1 is 1.53 bits per heavy atom. The Bertz CT molecular complexity index is 624. The van der Waals surface area contributed by atoms with Gasteiger partial charge in [0.1, 0.15) is 0 Å². The molecule has 0 spiro atoms. The maximum atomic E-state index is 11.6. The molecule has 6 nitrogen and oxygen atoms in total. The average Bonchev–Trinajstić information content (AvgIpc) is 2.54. The lowest BCUT2D eigenvalue weighted by molar-refractivity contribution is 0.0697. The zero-order valence-electron chi connectivity index (χ0n) is 9.17. The number of aromatic carboxylic acids is 1. The standard InChI is InChI=1S/C11H12N2O4/c1-6(14)5-13-9-3-2-7(10(15)16)4-8(9)12-11(13)17/h2-4,6,14H,5H2,1H3,(H,12,17)(H,15,16). The molecular formula is C11H12N2O4. The summed E-state index contributed by atoms with van der Waals surface area (Å²) in [6.07, 6.45) is -0.647. The van der Waals surface area contributed by atoms with Crippen molar-refractivity contribution < 1.29 is 15.0 Å². The second-order valence-electron chi connectivity index (χ2n) is 3.93. The quantitative estimate of drug-likeness (QED) is 0.719. The zero-order chi connectivity index (χ0) is 12.6. The first-order valence-electron chi connectivity index (χ1n) is 5.13. The maximum Gasteiger partial charge on any atom is 0.335 e. The molecule has 90 valence electrons.